The number of sulfonamides is 1. The lowest BCUT2D eigenvalue weighted by atomic mass is 10.3. The van der Waals surface area contributed by atoms with E-state index in [9.17, 15) is 13.2 Å². The largest absolute Gasteiger partial charge is 0.332 e. The number of aryl methyl sites for hydroxylation is 3. The minimum atomic E-state index is -3.86. The Morgan fingerprint density at radius 3 is 2.27 bits per heavy atom. The topological polar surface area (TPSA) is 131 Å². The van der Waals surface area contributed by atoms with Crippen LogP contribution in [0.4, 0.5) is 11.6 Å². The molecule has 0 aliphatic rings. The molecule has 1 aromatic carbocycles. The maximum Gasteiger partial charge on any atom is 0.275 e. The number of amides is 1. The van der Waals surface area contributed by atoms with E-state index in [1.807, 2.05) is 0 Å². The molecular formula is C18H19N7O3S2. The smallest absolute Gasteiger partial charge is 0.275 e. The van der Waals surface area contributed by atoms with E-state index in [2.05, 4.69) is 30.4 Å². The third-order valence-corrected chi connectivity index (χ3v) is 5.46. The fourth-order valence-corrected chi connectivity index (χ4v) is 3.75. The summed E-state index contributed by atoms with van der Waals surface area (Å²) in [6.45, 7) is 3.51. The number of aromatic nitrogens is 4. The lowest BCUT2D eigenvalue weighted by Gasteiger charge is -2.11. The van der Waals surface area contributed by atoms with Crippen molar-refractivity contribution in [2.45, 2.75) is 18.7 Å². The summed E-state index contributed by atoms with van der Waals surface area (Å²) in [6, 6.07) is 9.16. The summed E-state index contributed by atoms with van der Waals surface area (Å²) in [6.07, 6.45) is 1.50. The van der Waals surface area contributed by atoms with Crippen molar-refractivity contribution in [2.75, 3.05) is 10.0 Å². The SMILES string of the molecule is Cc1cc(C)nc(NS(=O)(=O)c2ccc(NC(=S)NC(=O)c3ccnn3C)cc2)n1. The third-order valence-electron chi connectivity index (χ3n) is 3.91. The molecule has 0 saturated heterocycles. The third kappa shape index (κ3) is 5.15. The van der Waals surface area contributed by atoms with E-state index in [-0.39, 0.29) is 16.0 Å². The highest BCUT2D eigenvalue weighted by atomic mass is 32.2. The van der Waals surface area contributed by atoms with Crippen molar-refractivity contribution in [3.63, 3.8) is 0 Å². The van der Waals surface area contributed by atoms with Gasteiger partial charge in [-0.2, -0.15) is 5.10 Å². The zero-order chi connectivity index (χ0) is 21.9. The molecule has 12 heteroatoms. The molecular weight excluding hydrogens is 426 g/mol. The highest BCUT2D eigenvalue weighted by Crippen LogP contribution is 2.17. The summed E-state index contributed by atoms with van der Waals surface area (Å²) in [5, 5.41) is 9.35. The van der Waals surface area contributed by atoms with Crippen LogP contribution in [0.15, 0.2) is 47.5 Å². The van der Waals surface area contributed by atoms with Gasteiger partial charge in [-0.25, -0.2) is 23.1 Å². The van der Waals surface area contributed by atoms with Gasteiger partial charge in [-0.15, -0.1) is 0 Å². The van der Waals surface area contributed by atoms with E-state index in [0.717, 1.165) is 0 Å². The molecule has 3 aromatic rings. The lowest BCUT2D eigenvalue weighted by molar-refractivity contribution is 0.0968. The Labute approximate surface area is 178 Å². The quantitative estimate of drug-likeness (QED) is 0.506. The van der Waals surface area contributed by atoms with Gasteiger partial charge in [-0.1, -0.05) is 0 Å². The standard InChI is InChI=1S/C18H19N7O3S2/c1-11-10-12(2)21-17(20-11)24-30(27,28)14-6-4-13(5-7-14)22-18(29)23-16(26)15-8-9-19-25(15)3/h4-10H,1-3H3,(H,20,21,24)(H2,22,23,26,29). The van der Waals surface area contributed by atoms with Gasteiger partial charge in [-0.05, 0) is 62.5 Å². The minimum Gasteiger partial charge on any atom is -0.332 e. The number of benzene rings is 1. The van der Waals surface area contributed by atoms with Gasteiger partial charge in [0.05, 0.1) is 4.90 Å². The van der Waals surface area contributed by atoms with Crippen molar-refractivity contribution in [3.8, 4) is 0 Å². The van der Waals surface area contributed by atoms with Crippen molar-refractivity contribution in [3.05, 3.63) is 59.7 Å². The summed E-state index contributed by atoms with van der Waals surface area (Å²) >= 11 is 5.13. The van der Waals surface area contributed by atoms with Crippen LogP contribution in [-0.4, -0.2) is 39.2 Å². The Morgan fingerprint density at radius 2 is 1.70 bits per heavy atom. The van der Waals surface area contributed by atoms with Crippen LogP contribution in [-0.2, 0) is 17.1 Å². The summed E-state index contributed by atoms with van der Waals surface area (Å²) in [4.78, 5) is 20.3. The first-order valence-corrected chi connectivity index (χ1v) is 10.6. The average molecular weight is 446 g/mol. The molecule has 2 aromatic heterocycles. The second-order valence-corrected chi connectivity index (χ2v) is 8.44. The first-order valence-electron chi connectivity index (χ1n) is 8.69. The van der Waals surface area contributed by atoms with Gasteiger partial charge >= 0.3 is 0 Å². The van der Waals surface area contributed by atoms with Crippen LogP contribution in [0.1, 0.15) is 21.9 Å². The first kappa shape index (κ1) is 21.3. The first-order chi connectivity index (χ1) is 14.1. The number of hydrogen-bond donors (Lipinski definition) is 3. The second kappa shape index (κ2) is 8.55. The van der Waals surface area contributed by atoms with Crippen LogP contribution in [0.5, 0.6) is 0 Å². The maximum absolute atomic E-state index is 12.6. The number of hydrogen-bond acceptors (Lipinski definition) is 7. The zero-order valence-corrected chi connectivity index (χ0v) is 18.0. The molecule has 3 rings (SSSR count). The molecule has 3 N–H and O–H groups in total. The van der Waals surface area contributed by atoms with Crippen LogP contribution in [0.25, 0.3) is 0 Å². The van der Waals surface area contributed by atoms with Crippen LogP contribution >= 0.6 is 12.2 Å². The molecule has 0 saturated carbocycles. The zero-order valence-electron chi connectivity index (χ0n) is 16.4. The normalized spacial score (nSPS) is 11.0. The van der Waals surface area contributed by atoms with E-state index in [1.165, 1.54) is 35.1 Å². The number of anilines is 2. The minimum absolute atomic E-state index is 0.00811. The number of carbonyl (C=O) groups is 1. The van der Waals surface area contributed by atoms with Gasteiger partial charge in [0.2, 0.25) is 5.95 Å². The Morgan fingerprint density at radius 1 is 1.07 bits per heavy atom. The molecule has 1 amide bonds. The lowest BCUT2D eigenvalue weighted by Crippen LogP contribution is -2.35. The molecule has 0 atom stereocenters. The summed E-state index contributed by atoms with van der Waals surface area (Å²) in [7, 11) is -2.22. The van der Waals surface area contributed by atoms with Gasteiger partial charge in [0.25, 0.3) is 15.9 Å². The predicted octanol–water partition coefficient (Wildman–Crippen LogP) is 1.75. The molecule has 156 valence electrons. The molecule has 10 nitrogen and oxygen atoms in total. The Bertz CT molecular complexity index is 1180. The van der Waals surface area contributed by atoms with Crippen molar-refractivity contribution in [1.29, 1.82) is 0 Å². The summed E-state index contributed by atoms with van der Waals surface area (Å²) in [5.41, 5.74) is 2.16. The van der Waals surface area contributed by atoms with E-state index in [4.69, 9.17) is 12.2 Å². The molecule has 0 unspecified atom stereocenters. The highest BCUT2D eigenvalue weighted by molar-refractivity contribution is 7.92. The number of thiocarbonyl (C=S) groups is 1. The van der Waals surface area contributed by atoms with Crippen LogP contribution in [0.3, 0.4) is 0 Å². The van der Waals surface area contributed by atoms with Crippen LogP contribution in [0.2, 0.25) is 0 Å². The van der Waals surface area contributed by atoms with Crippen LogP contribution < -0.4 is 15.4 Å². The van der Waals surface area contributed by atoms with E-state index in [0.29, 0.717) is 22.8 Å². The highest BCUT2D eigenvalue weighted by Gasteiger charge is 2.17. The predicted molar refractivity (Wildman–Crippen MR) is 116 cm³/mol. The molecule has 0 fully saturated rings. The average Bonchev–Trinajstić information content (AvgIpc) is 3.07. The van der Waals surface area contributed by atoms with Gasteiger partial charge in [0, 0.05) is 30.3 Å². The molecule has 0 spiro atoms. The second-order valence-electron chi connectivity index (χ2n) is 6.35. The molecule has 2 heterocycles. The van der Waals surface area contributed by atoms with Crippen molar-refractivity contribution < 1.29 is 13.2 Å². The number of rotatable bonds is 5. The molecule has 0 radical (unpaired) electrons. The van der Waals surface area contributed by atoms with Gasteiger partial charge in [0.1, 0.15) is 5.69 Å². The van der Waals surface area contributed by atoms with E-state index >= 15 is 0 Å². The van der Waals surface area contributed by atoms with E-state index in [1.54, 1.807) is 33.0 Å². The summed E-state index contributed by atoms with van der Waals surface area (Å²) in [5.74, 6) is -0.405. The van der Waals surface area contributed by atoms with Gasteiger partial charge in [0.15, 0.2) is 5.11 Å². The van der Waals surface area contributed by atoms with E-state index < -0.39 is 15.9 Å². The number of nitrogens with zero attached hydrogens (tertiary/aromatic N) is 4. The Hall–Kier alpha value is -3.38. The molecule has 0 aliphatic heterocycles. The molecule has 0 bridgehead atoms. The van der Waals surface area contributed by atoms with Crippen LogP contribution in [0, 0.1) is 13.8 Å². The maximum atomic E-state index is 12.6. The van der Waals surface area contributed by atoms with Crippen molar-refractivity contribution >= 4 is 44.9 Å². The fraction of sp³-hybridized carbons (Fsp3) is 0.167. The van der Waals surface area contributed by atoms with Gasteiger partial charge in [-0.3, -0.25) is 14.8 Å². The number of nitrogens with one attached hydrogen (secondary N) is 3. The Balaban J connectivity index is 1.66. The van der Waals surface area contributed by atoms with Crippen molar-refractivity contribution in [1.82, 2.24) is 25.1 Å². The summed E-state index contributed by atoms with van der Waals surface area (Å²) < 4.78 is 28.9. The molecule has 0 aliphatic carbocycles. The fourth-order valence-electron chi connectivity index (χ4n) is 2.59. The van der Waals surface area contributed by atoms with Crippen molar-refractivity contribution in [2.24, 2.45) is 7.05 Å². The number of carbonyl (C=O) groups excluding carboxylic acids is 1. The molecule has 30 heavy (non-hydrogen) atoms. The van der Waals surface area contributed by atoms with Gasteiger partial charge < -0.3 is 5.32 Å². The monoisotopic (exact) mass is 445 g/mol. The Kier molecular flexibility index (Phi) is 6.08.